The average Bonchev–Trinajstić information content (AvgIpc) is 2.95. The Balaban J connectivity index is 2.14. The highest BCUT2D eigenvalue weighted by atomic mass is 35.5. The van der Waals surface area contributed by atoms with E-state index >= 15 is 0 Å². The molecule has 1 heterocycles. The Bertz CT molecular complexity index is 695. The van der Waals surface area contributed by atoms with Crippen molar-refractivity contribution in [3.05, 3.63) is 28.2 Å². The van der Waals surface area contributed by atoms with Gasteiger partial charge >= 0.3 is 5.97 Å². The molecule has 25 heavy (non-hydrogen) atoms. The number of halogens is 2. The zero-order valence-corrected chi connectivity index (χ0v) is 15.5. The van der Waals surface area contributed by atoms with Crippen LogP contribution in [0.1, 0.15) is 26.7 Å². The molecule has 0 radical (unpaired) electrons. The van der Waals surface area contributed by atoms with Crippen molar-refractivity contribution in [2.24, 2.45) is 11.8 Å². The summed E-state index contributed by atoms with van der Waals surface area (Å²) in [5.41, 5.74) is 0.450. The van der Waals surface area contributed by atoms with Crippen molar-refractivity contribution in [3.8, 4) is 0 Å². The number of nitrogens with one attached hydrogen (secondary N) is 1. The Morgan fingerprint density at radius 1 is 1.40 bits per heavy atom. The van der Waals surface area contributed by atoms with Crippen LogP contribution < -0.4 is 10.2 Å². The number of carboxylic acid groups (broad SMARTS) is 1. The number of amides is 2. The Morgan fingerprint density at radius 2 is 2.08 bits per heavy atom. The molecular weight excluding hydrogens is 367 g/mol. The molecule has 1 unspecified atom stereocenters. The van der Waals surface area contributed by atoms with Crippen molar-refractivity contribution >= 4 is 46.7 Å². The van der Waals surface area contributed by atoms with Crippen LogP contribution in [0.25, 0.3) is 0 Å². The van der Waals surface area contributed by atoms with Crippen molar-refractivity contribution in [2.75, 3.05) is 11.4 Å². The predicted octanol–water partition coefficient (Wildman–Crippen LogP) is 2.96. The first-order valence-corrected chi connectivity index (χ1v) is 8.81. The van der Waals surface area contributed by atoms with Crippen LogP contribution in [0.4, 0.5) is 5.69 Å². The van der Waals surface area contributed by atoms with E-state index in [1.165, 1.54) is 4.90 Å². The molecular formula is C17H20Cl2N2O4. The number of anilines is 1. The van der Waals surface area contributed by atoms with Crippen LogP contribution in [0.3, 0.4) is 0 Å². The molecule has 8 heteroatoms. The molecule has 0 spiro atoms. The van der Waals surface area contributed by atoms with E-state index in [0.717, 1.165) is 0 Å². The quantitative estimate of drug-likeness (QED) is 0.735. The Kier molecular flexibility index (Phi) is 6.30. The summed E-state index contributed by atoms with van der Waals surface area (Å²) in [7, 11) is 0. The van der Waals surface area contributed by atoms with Gasteiger partial charge in [-0.25, -0.2) is 4.79 Å². The van der Waals surface area contributed by atoms with E-state index in [9.17, 15) is 19.5 Å². The highest BCUT2D eigenvalue weighted by molar-refractivity contribution is 6.36. The maximum Gasteiger partial charge on any atom is 0.326 e. The number of rotatable bonds is 6. The molecule has 1 aromatic rings. The van der Waals surface area contributed by atoms with Crippen molar-refractivity contribution in [3.63, 3.8) is 0 Å². The van der Waals surface area contributed by atoms with Crippen molar-refractivity contribution in [1.29, 1.82) is 0 Å². The van der Waals surface area contributed by atoms with Crippen molar-refractivity contribution in [2.45, 2.75) is 32.7 Å². The Hall–Kier alpha value is -1.79. The van der Waals surface area contributed by atoms with E-state index in [0.29, 0.717) is 35.1 Å². The Labute approximate surface area is 156 Å². The summed E-state index contributed by atoms with van der Waals surface area (Å²) < 4.78 is 0. The van der Waals surface area contributed by atoms with Gasteiger partial charge in [0, 0.05) is 11.6 Å². The van der Waals surface area contributed by atoms with Gasteiger partial charge in [0.05, 0.1) is 10.7 Å². The van der Waals surface area contributed by atoms with E-state index in [2.05, 4.69) is 5.32 Å². The molecule has 3 atom stereocenters. The van der Waals surface area contributed by atoms with Crippen LogP contribution in [0.15, 0.2) is 18.2 Å². The second-order valence-electron chi connectivity index (χ2n) is 6.14. The van der Waals surface area contributed by atoms with E-state index in [1.54, 1.807) is 25.1 Å². The zero-order valence-electron chi connectivity index (χ0n) is 14.0. The molecule has 0 aliphatic carbocycles. The lowest BCUT2D eigenvalue weighted by molar-refractivity contribution is -0.145. The summed E-state index contributed by atoms with van der Waals surface area (Å²) in [4.78, 5) is 37.8. The summed E-state index contributed by atoms with van der Waals surface area (Å²) in [6, 6.07) is 3.75. The maximum absolute atomic E-state index is 12.6. The third kappa shape index (κ3) is 4.25. The minimum Gasteiger partial charge on any atom is -0.480 e. The lowest BCUT2D eigenvalue weighted by Crippen LogP contribution is -2.48. The van der Waals surface area contributed by atoms with Crippen LogP contribution in [-0.4, -0.2) is 35.5 Å². The van der Waals surface area contributed by atoms with Gasteiger partial charge in [0.15, 0.2) is 0 Å². The van der Waals surface area contributed by atoms with Gasteiger partial charge in [0.2, 0.25) is 11.8 Å². The van der Waals surface area contributed by atoms with Gasteiger partial charge in [-0.15, -0.1) is 0 Å². The van der Waals surface area contributed by atoms with Gasteiger partial charge in [0.1, 0.15) is 12.0 Å². The monoisotopic (exact) mass is 386 g/mol. The maximum atomic E-state index is 12.6. The number of hydrogen-bond acceptors (Lipinski definition) is 3. The average molecular weight is 387 g/mol. The van der Waals surface area contributed by atoms with Crippen molar-refractivity contribution in [1.82, 2.24) is 5.32 Å². The smallest absolute Gasteiger partial charge is 0.326 e. The normalized spacial score (nSPS) is 19.6. The fraction of sp³-hybridized carbons (Fsp3) is 0.471. The molecule has 0 bridgehead atoms. The van der Waals surface area contributed by atoms with Gasteiger partial charge in [-0.1, -0.05) is 43.5 Å². The minimum atomic E-state index is -1.11. The number of carboxylic acids is 1. The van der Waals surface area contributed by atoms with Crippen molar-refractivity contribution < 1.29 is 19.5 Å². The predicted molar refractivity (Wildman–Crippen MR) is 95.9 cm³/mol. The van der Waals surface area contributed by atoms with E-state index in [1.807, 2.05) is 6.92 Å². The molecule has 1 fully saturated rings. The van der Waals surface area contributed by atoms with Gasteiger partial charge < -0.3 is 15.3 Å². The summed E-state index contributed by atoms with van der Waals surface area (Å²) >= 11 is 12.1. The standard InChI is InChI=1S/C17H20Cl2N2O4/c1-3-9(2)14(17(24)25)20-15(22)11-6-7-21(16(11)23)13-8-10(18)4-5-12(13)19/h4-5,8-9,11,14H,3,6-7H2,1-2H3,(H,20,22)(H,24,25)/t9-,11?,14-/m0/s1. The number of benzene rings is 1. The number of carbonyl (C=O) groups is 3. The molecule has 2 amide bonds. The summed E-state index contributed by atoms with van der Waals surface area (Å²) in [6.45, 7) is 3.90. The first-order valence-electron chi connectivity index (χ1n) is 8.05. The number of aliphatic carboxylic acids is 1. The third-order valence-electron chi connectivity index (χ3n) is 4.50. The zero-order chi connectivity index (χ0) is 18.7. The highest BCUT2D eigenvalue weighted by Gasteiger charge is 2.40. The fourth-order valence-electron chi connectivity index (χ4n) is 2.79. The van der Waals surface area contributed by atoms with Gasteiger partial charge in [-0.05, 0) is 30.5 Å². The minimum absolute atomic E-state index is 0.239. The van der Waals surface area contributed by atoms with Gasteiger partial charge in [-0.2, -0.15) is 0 Å². The Morgan fingerprint density at radius 3 is 2.68 bits per heavy atom. The molecule has 0 aromatic heterocycles. The van der Waals surface area contributed by atoms with Gasteiger partial charge in [-0.3, -0.25) is 9.59 Å². The summed E-state index contributed by atoms with van der Waals surface area (Å²) in [5, 5.41) is 12.6. The second-order valence-corrected chi connectivity index (χ2v) is 6.98. The SMILES string of the molecule is CC[C@H](C)[C@H](NC(=O)C1CCN(c2cc(Cl)ccc2Cl)C1=O)C(=O)O. The van der Waals surface area contributed by atoms with Crippen LogP contribution in [0.5, 0.6) is 0 Å². The molecule has 0 saturated carbocycles. The molecule has 1 saturated heterocycles. The van der Waals surface area contributed by atoms with Crippen LogP contribution in [0.2, 0.25) is 10.0 Å². The molecule has 6 nitrogen and oxygen atoms in total. The molecule has 1 aromatic carbocycles. The van der Waals surface area contributed by atoms with Gasteiger partial charge in [0.25, 0.3) is 0 Å². The lowest BCUT2D eigenvalue weighted by Gasteiger charge is -2.22. The molecule has 1 aliphatic rings. The molecule has 2 N–H and O–H groups in total. The fourth-order valence-corrected chi connectivity index (χ4v) is 3.18. The molecule has 2 rings (SSSR count). The number of nitrogens with zero attached hydrogens (tertiary/aromatic N) is 1. The second kappa shape index (κ2) is 8.06. The third-order valence-corrected chi connectivity index (χ3v) is 5.05. The molecule has 136 valence electrons. The van der Waals surface area contributed by atoms with E-state index < -0.39 is 29.7 Å². The number of carbonyl (C=O) groups excluding carboxylic acids is 2. The van der Waals surface area contributed by atoms with Crippen LogP contribution in [0, 0.1) is 11.8 Å². The number of hydrogen-bond donors (Lipinski definition) is 2. The van der Waals surface area contributed by atoms with E-state index in [4.69, 9.17) is 23.2 Å². The largest absolute Gasteiger partial charge is 0.480 e. The van der Waals surface area contributed by atoms with Crippen LogP contribution >= 0.6 is 23.2 Å². The summed E-state index contributed by atoms with van der Waals surface area (Å²) in [6.07, 6.45) is 0.889. The first-order chi connectivity index (χ1) is 11.8. The highest BCUT2D eigenvalue weighted by Crippen LogP contribution is 2.33. The van der Waals surface area contributed by atoms with Crippen LogP contribution in [-0.2, 0) is 14.4 Å². The first kappa shape index (κ1) is 19.5. The van der Waals surface area contributed by atoms with E-state index in [-0.39, 0.29) is 5.92 Å². The summed E-state index contributed by atoms with van der Waals surface area (Å²) in [5.74, 6) is -3.26. The topological polar surface area (TPSA) is 86.7 Å². The lowest BCUT2D eigenvalue weighted by atomic mass is 9.98. The molecule has 1 aliphatic heterocycles.